The van der Waals surface area contributed by atoms with Crippen molar-refractivity contribution in [2.24, 2.45) is 5.92 Å². The number of aromatic nitrogens is 6. The van der Waals surface area contributed by atoms with Crippen molar-refractivity contribution in [3.05, 3.63) is 113 Å². The van der Waals surface area contributed by atoms with Crippen molar-refractivity contribution in [1.29, 1.82) is 0 Å². The smallest absolute Gasteiger partial charge is 0.350 e. The van der Waals surface area contributed by atoms with Crippen LogP contribution in [-0.4, -0.2) is 84.5 Å². The van der Waals surface area contributed by atoms with E-state index in [1.807, 2.05) is 43.3 Å². The van der Waals surface area contributed by atoms with Crippen LogP contribution in [-0.2, 0) is 26.0 Å². The molecule has 289 valence electrons. The van der Waals surface area contributed by atoms with E-state index in [1.54, 1.807) is 17.9 Å². The lowest BCUT2D eigenvalue weighted by molar-refractivity contribution is -0.0206. The molecule has 2 saturated heterocycles. The van der Waals surface area contributed by atoms with Gasteiger partial charge in [-0.2, -0.15) is 10.2 Å². The molecule has 5 atom stereocenters. The van der Waals surface area contributed by atoms with Crippen molar-refractivity contribution in [3.63, 3.8) is 0 Å². The Balaban J connectivity index is 0.918. The highest BCUT2D eigenvalue weighted by atomic mass is 35.7. The van der Waals surface area contributed by atoms with E-state index in [0.717, 1.165) is 49.4 Å². The fourth-order valence-corrected chi connectivity index (χ4v) is 8.95. The van der Waals surface area contributed by atoms with Gasteiger partial charge >= 0.3 is 5.69 Å². The summed E-state index contributed by atoms with van der Waals surface area (Å²) in [5.74, 6) is -0.600. The van der Waals surface area contributed by atoms with Crippen molar-refractivity contribution in [2.75, 3.05) is 49.2 Å². The van der Waals surface area contributed by atoms with Gasteiger partial charge in [0.05, 0.1) is 37.6 Å². The van der Waals surface area contributed by atoms with Crippen LogP contribution in [0.2, 0.25) is 0 Å². The van der Waals surface area contributed by atoms with E-state index in [1.165, 1.54) is 34.0 Å². The monoisotopic (exact) mass is 809 g/mol. The van der Waals surface area contributed by atoms with E-state index in [9.17, 15) is 18.1 Å². The lowest BCUT2D eigenvalue weighted by atomic mass is 9.87. The van der Waals surface area contributed by atoms with Crippen LogP contribution in [0.1, 0.15) is 38.3 Å². The maximum Gasteiger partial charge on any atom is 0.350 e. The van der Waals surface area contributed by atoms with Crippen LogP contribution >= 0.6 is 17.5 Å². The minimum atomic E-state index is -3.45. The molecule has 2 fully saturated rings. The summed E-state index contributed by atoms with van der Waals surface area (Å²) in [7, 11) is 2.91. The number of ether oxygens (including phenoxy) is 2. The van der Waals surface area contributed by atoms with Crippen LogP contribution < -0.4 is 20.2 Å². The highest BCUT2D eigenvalue weighted by Gasteiger charge is 2.44. The normalized spacial score (nSPS) is 21.0. The second-order valence-electron chi connectivity index (χ2n) is 13.9. The van der Waals surface area contributed by atoms with Gasteiger partial charge in [-0.1, -0.05) is 13.0 Å². The Labute approximate surface area is 325 Å². The molecule has 0 aliphatic carbocycles. The van der Waals surface area contributed by atoms with Crippen LogP contribution in [0, 0.1) is 17.6 Å². The van der Waals surface area contributed by atoms with Crippen LogP contribution in [0.25, 0.3) is 5.69 Å². The highest BCUT2D eigenvalue weighted by Crippen LogP contribution is 2.49. The summed E-state index contributed by atoms with van der Waals surface area (Å²) in [6.45, 7) is 7.85. The SMILES string of the molecule is CC[C@@H]([C@H](C)OP(=O)([Si])Cl)n1ncn(-c2ccc(N3CCN(c4ccc(OC[C@@H]5CO[C@@](Cn6cncn6)(c6ccc(F)cc6F)C5)cc4)CC3)cc2)c1=O. The van der Waals surface area contributed by atoms with Crippen LogP contribution in [0.15, 0.2) is 90.5 Å². The first-order valence-electron chi connectivity index (χ1n) is 18.1. The Morgan fingerprint density at radius 2 is 1.64 bits per heavy atom. The minimum absolute atomic E-state index is 0.0240. The van der Waals surface area contributed by atoms with E-state index in [-0.39, 0.29) is 23.7 Å². The number of benzene rings is 3. The molecule has 0 bridgehead atoms. The molecular weight excluding hydrogens is 769 g/mol. The number of halogens is 3. The van der Waals surface area contributed by atoms with Crippen LogP contribution in [0.5, 0.6) is 5.75 Å². The first kappa shape index (κ1) is 38.9. The van der Waals surface area contributed by atoms with Gasteiger partial charge in [0.2, 0.25) is 0 Å². The summed E-state index contributed by atoms with van der Waals surface area (Å²) in [4.78, 5) is 21.9. The zero-order chi connectivity index (χ0) is 38.7. The van der Waals surface area contributed by atoms with Crippen molar-refractivity contribution in [1.82, 2.24) is 29.1 Å². The zero-order valence-corrected chi connectivity index (χ0v) is 33.0. The lowest BCUT2D eigenvalue weighted by Crippen LogP contribution is -2.46. The Hall–Kier alpha value is -4.34. The Morgan fingerprint density at radius 1 is 0.982 bits per heavy atom. The molecule has 3 radical (unpaired) electrons. The Kier molecular flexibility index (Phi) is 11.6. The topological polar surface area (TPSA) is 122 Å². The predicted octanol–water partition coefficient (Wildman–Crippen LogP) is 6.11. The minimum Gasteiger partial charge on any atom is -0.493 e. The molecule has 0 saturated carbocycles. The second kappa shape index (κ2) is 16.4. The fourth-order valence-electron chi connectivity index (χ4n) is 7.51. The van der Waals surface area contributed by atoms with E-state index >= 15 is 0 Å². The number of piperazine rings is 1. The summed E-state index contributed by atoms with van der Waals surface area (Å²) in [5.41, 5.74) is 1.76. The van der Waals surface area contributed by atoms with Gasteiger partial charge in [0.1, 0.15) is 42.0 Å². The molecule has 1 unspecified atom stereocenters. The van der Waals surface area contributed by atoms with Gasteiger partial charge < -0.3 is 23.8 Å². The molecule has 13 nitrogen and oxygen atoms in total. The third-order valence-corrected chi connectivity index (χ3v) is 11.4. The molecule has 2 aliphatic rings. The van der Waals surface area contributed by atoms with E-state index in [0.29, 0.717) is 31.7 Å². The average molecular weight is 810 g/mol. The third-order valence-electron chi connectivity index (χ3n) is 10.2. The van der Waals surface area contributed by atoms with Gasteiger partial charge in [-0.25, -0.2) is 32.5 Å². The molecule has 0 spiro atoms. The summed E-state index contributed by atoms with van der Waals surface area (Å²) >= 11 is 5.75. The number of rotatable bonds is 14. The van der Waals surface area contributed by atoms with Crippen LogP contribution in [0.4, 0.5) is 20.2 Å². The molecule has 0 N–H and O–H groups in total. The quantitative estimate of drug-likeness (QED) is 0.0960. The van der Waals surface area contributed by atoms with E-state index in [2.05, 4.69) is 47.0 Å². The number of anilines is 2. The standard InChI is InChI=1S/C37H41ClF2N8O5PSi/c1-3-35(26(2)53-54(38,50)55)48-36(49)47(25-43-48)31-7-5-29(6-8-31)44-14-16-45(17-15-44)30-9-11-32(12-10-30)51-20-27-19-37(52-21-27,22-46-24-41-23-42-46)33-13-4-28(39)18-34(33)40/h4-13,18,23-27,35H,3,14-17,19-22H2,1-2H3/t26-,27+,35-,37-,54?/m0/s1. The molecule has 3 aromatic carbocycles. The summed E-state index contributed by atoms with van der Waals surface area (Å²) in [6, 6.07) is 18.9. The van der Waals surface area contributed by atoms with Crippen molar-refractivity contribution in [2.45, 2.75) is 51.0 Å². The average Bonchev–Trinajstić information content (AvgIpc) is 3.92. The van der Waals surface area contributed by atoms with Crippen molar-refractivity contribution >= 4 is 38.8 Å². The van der Waals surface area contributed by atoms with Crippen molar-refractivity contribution < 1.29 is 27.3 Å². The molecule has 0 amide bonds. The number of hydrogen-bond acceptors (Lipinski definition) is 10. The number of nitrogens with zero attached hydrogens (tertiary/aromatic N) is 8. The van der Waals surface area contributed by atoms with Gasteiger partial charge in [-0.15, -0.1) is 0 Å². The second-order valence-corrected chi connectivity index (χ2v) is 19.0. The molecule has 5 aromatic rings. The maximum absolute atomic E-state index is 15.0. The van der Waals surface area contributed by atoms with Crippen molar-refractivity contribution in [3.8, 4) is 11.4 Å². The lowest BCUT2D eigenvalue weighted by Gasteiger charge is -2.37. The van der Waals surface area contributed by atoms with Gasteiger partial charge in [-0.3, -0.25) is 4.57 Å². The van der Waals surface area contributed by atoms with Crippen LogP contribution in [0.3, 0.4) is 0 Å². The van der Waals surface area contributed by atoms with E-state index < -0.39 is 35.7 Å². The molecule has 7 rings (SSSR count). The first-order valence-corrected chi connectivity index (χ1v) is 21.9. The Bertz CT molecular complexity index is 2160. The molecule has 2 aliphatic heterocycles. The summed E-state index contributed by atoms with van der Waals surface area (Å²) in [6.07, 6.45) is 1.37. The molecular formula is C37H41ClF2N8O5PSi. The zero-order valence-electron chi connectivity index (χ0n) is 30.4. The Morgan fingerprint density at radius 3 is 2.24 bits per heavy atom. The summed E-state index contributed by atoms with van der Waals surface area (Å²) < 4.78 is 62.9. The maximum atomic E-state index is 15.0. The van der Waals surface area contributed by atoms with Gasteiger partial charge in [0, 0.05) is 55.1 Å². The highest BCUT2D eigenvalue weighted by molar-refractivity contribution is 8.03. The predicted molar refractivity (Wildman–Crippen MR) is 205 cm³/mol. The van der Waals surface area contributed by atoms with E-state index in [4.69, 9.17) is 25.2 Å². The molecule has 55 heavy (non-hydrogen) atoms. The summed E-state index contributed by atoms with van der Waals surface area (Å²) in [5, 5.41) is 8.50. The van der Waals surface area contributed by atoms with Gasteiger partial charge in [0.25, 0.3) is 6.27 Å². The van der Waals surface area contributed by atoms with Gasteiger partial charge in [0.15, 0.2) is 9.91 Å². The molecule has 2 aromatic heterocycles. The number of hydrogen-bond donors (Lipinski definition) is 0. The molecule has 4 heterocycles. The fraction of sp³-hybridized carbons (Fsp3) is 0.405. The largest absolute Gasteiger partial charge is 0.493 e. The molecule has 18 heteroatoms. The third kappa shape index (κ3) is 8.89. The first-order chi connectivity index (χ1) is 26.4. The van der Waals surface area contributed by atoms with Gasteiger partial charge in [-0.05, 0) is 85.6 Å².